The molecule has 0 radical (unpaired) electrons. The summed E-state index contributed by atoms with van der Waals surface area (Å²) in [4.78, 5) is 2.46. The van der Waals surface area contributed by atoms with Crippen molar-refractivity contribution in [3.05, 3.63) is 58.6 Å². The number of aliphatic hydroxyl groups excluding tert-OH is 1. The first kappa shape index (κ1) is 21.3. The lowest BCUT2D eigenvalue weighted by atomic mass is 9.95. The van der Waals surface area contributed by atoms with Crippen LogP contribution in [0.4, 0.5) is 0 Å². The van der Waals surface area contributed by atoms with Crippen LogP contribution in [0.2, 0.25) is 0 Å². The number of hydrogen-bond acceptors (Lipinski definition) is 2. The molecule has 0 unspecified atom stereocenters. The Morgan fingerprint density at radius 1 is 0.893 bits per heavy atom. The first-order chi connectivity index (χ1) is 13.6. The Morgan fingerprint density at radius 3 is 2.18 bits per heavy atom. The van der Waals surface area contributed by atoms with Gasteiger partial charge in [0.25, 0.3) is 0 Å². The molecule has 0 spiro atoms. The maximum atomic E-state index is 11.2. The molecule has 0 aliphatic rings. The monoisotopic (exact) mass is 441 g/mol. The highest BCUT2D eigenvalue weighted by molar-refractivity contribution is 9.10. The number of nitrogens with zero attached hydrogens (tertiary/aromatic N) is 1. The number of hydrogen-bond donors (Lipinski definition) is 1. The molecule has 0 saturated heterocycles. The Labute approximate surface area is 177 Å². The molecule has 0 heterocycles. The molecule has 3 aromatic rings. The molecule has 2 nitrogen and oxygen atoms in total. The van der Waals surface area contributed by atoms with Gasteiger partial charge in [0, 0.05) is 10.5 Å². The van der Waals surface area contributed by atoms with E-state index in [1.165, 1.54) is 47.2 Å². The molecule has 3 rings (SSSR count). The predicted molar refractivity (Wildman–Crippen MR) is 125 cm³/mol. The van der Waals surface area contributed by atoms with Gasteiger partial charge in [-0.3, -0.25) is 4.90 Å². The second-order valence-corrected chi connectivity index (χ2v) is 8.67. The number of benzene rings is 3. The van der Waals surface area contributed by atoms with Crippen molar-refractivity contribution in [2.75, 3.05) is 13.1 Å². The quantitative estimate of drug-likeness (QED) is 0.358. The standard InChI is InChI=1S/C25H32BrNO/c1-4-6-14-27(15-7-5-2)18(3)25(28)20-13-12-19-17-24(26)22-11-9-8-10-21(22)23(19)16-20/h8-13,16-18,25,28H,4-7,14-15H2,1-3H3/t18-,25+/m0/s1. The minimum Gasteiger partial charge on any atom is -0.387 e. The van der Waals surface area contributed by atoms with E-state index in [0.717, 1.165) is 23.1 Å². The van der Waals surface area contributed by atoms with Crippen LogP contribution >= 0.6 is 15.9 Å². The normalized spacial score (nSPS) is 14.1. The van der Waals surface area contributed by atoms with Crippen LogP contribution in [0, 0.1) is 0 Å². The summed E-state index contributed by atoms with van der Waals surface area (Å²) in [7, 11) is 0. The van der Waals surface area contributed by atoms with E-state index in [1.807, 2.05) is 0 Å². The first-order valence-electron chi connectivity index (χ1n) is 10.6. The fourth-order valence-electron chi connectivity index (χ4n) is 3.98. The zero-order valence-corrected chi connectivity index (χ0v) is 18.9. The Kier molecular flexibility index (Phi) is 7.50. The SMILES string of the molecule is CCCCN(CCCC)[C@@H](C)[C@@H](O)c1ccc2cc(Br)c3ccccc3c2c1. The minimum atomic E-state index is -0.486. The van der Waals surface area contributed by atoms with Crippen molar-refractivity contribution < 1.29 is 5.11 Å². The highest BCUT2D eigenvalue weighted by Gasteiger charge is 2.23. The van der Waals surface area contributed by atoms with E-state index in [2.05, 4.69) is 90.1 Å². The van der Waals surface area contributed by atoms with Crippen molar-refractivity contribution >= 4 is 37.5 Å². The number of unbranched alkanes of at least 4 members (excludes halogenated alkanes) is 2. The van der Waals surface area contributed by atoms with Gasteiger partial charge in [0.1, 0.15) is 0 Å². The van der Waals surface area contributed by atoms with Crippen LogP contribution in [0.1, 0.15) is 58.1 Å². The van der Waals surface area contributed by atoms with E-state index in [-0.39, 0.29) is 6.04 Å². The summed E-state index contributed by atoms with van der Waals surface area (Å²) in [6, 6.07) is 17.1. The molecule has 28 heavy (non-hydrogen) atoms. The fraction of sp³-hybridized carbons (Fsp3) is 0.440. The highest BCUT2D eigenvalue weighted by atomic mass is 79.9. The number of aliphatic hydroxyl groups is 1. The zero-order valence-electron chi connectivity index (χ0n) is 17.3. The number of rotatable bonds is 9. The van der Waals surface area contributed by atoms with Crippen LogP contribution in [-0.2, 0) is 0 Å². The summed E-state index contributed by atoms with van der Waals surface area (Å²) in [5, 5.41) is 16.0. The Hall–Kier alpha value is -1.42. The van der Waals surface area contributed by atoms with Gasteiger partial charge in [-0.2, -0.15) is 0 Å². The van der Waals surface area contributed by atoms with Gasteiger partial charge in [0.2, 0.25) is 0 Å². The fourth-order valence-corrected chi connectivity index (χ4v) is 4.57. The first-order valence-corrected chi connectivity index (χ1v) is 11.4. The van der Waals surface area contributed by atoms with Gasteiger partial charge >= 0.3 is 0 Å². The molecule has 2 atom stereocenters. The van der Waals surface area contributed by atoms with Gasteiger partial charge in [0.15, 0.2) is 0 Å². The lowest BCUT2D eigenvalue weighted by molar-refractivity contribution is 0.0561. The number of halogens is 1. The van der Waals surface area contributed by atoms with Crippen molar-refractivity contribution in [2.45, 2.75) is 58.6 Å². The summed E-state index contributed by atoms with van der Waals surface area (Å²) in [5.74, 6) is 0. The Morgan fingerprint density at radius 2 is 1.54 bits per heavy atom. The second-order valence-electron chi connectivity index (χ2n) is 7.81. The molecule has 3 heteroatoms. The lowest BCUT2D eigenvalue weighted by Gasteiger charge is -2.32. The topological polar surface area (TPSA) is 23.5 Å². The van der Waals surface area contributed by atoms with E-state index in [1.54, 1.807) is 0 Å². The molecular weight excluding hydrogens is 410 g/mol. The van der Waals surface area contributed by atoms with Crippen LogP contribution in [-0.4, -0.2) is 29.1 Å². The van der Waals surface area contributed by atoms with E-state index >= 15 is 0 Å². The second kappa shape index (κ2) is 9.87. The minimum absolute atomic E-state index is 0.109. The maximum Gasteiger partial charge on any atom is 0.0942 e. The Bertz CT molecular complexity index is 915. The van der Waals surface area contributed by atoms with Crippen molar-refractivity contribution in [1.82, 2.24) is 4.90 Å². The van der Waals surface area contributed by atoms with Crippen molar-refractivity contribution in [1.29, 1.82) is 0 Å². The molecule has 0 amide bonds. The summed E-state index contributed by atoms with van der Waals surface area (Å²) in [5.41, 5.74) is 1.01. The van der Waals surface area contributed by atoms with Crippen LogP contribution in [0.5, 0.6) is 0 Å². The molecule has 0 bridgehead atoms. The molecule has 0 aliphatic heterocycles. The third-order valence-electron chi connectivity index (χ3n) is 5.81. The molecule has 0 saturated carbocycles. The van der Waals surface area contributed by atoms with E-state index < -0.39 is 6.10 Å². The average Bonchev–Trinajstić information content (AvgIpc) is 2.73. The molecule has 150 valence electrons. The van der Waals surface area contributed by atoms with Gasteiger partial charge in [-0.25, -0.2) is 0 Å². The van der Waals surface area contributed by atoms with Gasteiger partial charge < -0.3 is 5.11 Å². The Balaban J connectivity index is 1.95. The van der Waals surface area contributed by atoms with Crippen molar-refractivity contribution in [3.8, 4) is 0 Å². The summed E-state index contributed by atoms with van der Waals surface area (Å²) < 4.78 is 1.11. The molecule has 0 fully saturated rings. The predicted octanol–water partition coefficient (Wildman–Crippen LogP) is 7.08. The largest absolute Gasteiger partial charge is 0.387 e. The van der Waals surface area contributed by atoms with Crippen molar-refractivity contribution in [3.63, 3.8) is 0 Å². The van der Waals surface area contributed by atoms with E-state index in [9.17, 15) is 5.11 Å². The molecule has 3 aromatic carbocycles. The summed E-state index contributed by atoms with van der Waals surface area (Å²) >= 11 is 3.70. The van der Waals surface area contributed by atoms with Gasteiger partial charge in [-0.15, -0.1) is 0 Å². The van der Waals surface area contributed by atoms with E-state index in [4.69, 9.17) is 0 Å². The van der Waals surface area contributed by atoms with Crippen LogP contribution < -0.4 is 0 Å². The lowest BCUT2D eigenvalue weighted by Crippen LogP contribution is -2.39. The number of fused-ring (bicyclic) bond motifs is 3. The third-order valence-corrected chi connectivity index (χ3v) is 6.46. The zero-order chi connectivity index (χ0) is 20.1. The average molecular weight is 442 g/mol. The summed E-state index contributed by atoms with van der Waals surface area (Å²) in [6.07, 6.45) is 4.24. The van der Waals surface area contributed by atoms with E-state index in [0.29, 0.717) is 0 Å². The van der Waals surface area contributed by atoms with Crippen molar-refractivity contribution in [2.24, 2.45) is 0 Å². The van der Waals surface area contributed by atoms with Gasteiger partial charge in [0.05, 0.1) is 6.10 Å². The van der Waals surface area contributed by atoms with Gasteiger partial charge in [-0.1, -0.05) is 79.0 Å². The van der Waals surface area contributed by atoms with Crippen LogP contribution in [0.3, 0.4) is 0 Å². The van der Waals surface area contributed by atoms with Gasteiger partial charge in [-0.05, 0) is 72.1 Å². The van der Waals surface area contributed by atoms with Crippen LogP contribution in [0.25, 0.3) is 21.5 Å². The maximum absolute atomic E-state index is 11.2. The third kappa shape index (κ3) is 4.59. The molecule has 0 aliphatic carbocycles. The van der Waals surface area contributed by atoms with Crippen LogP contribution in [0.15, 0.2) is 53.0 Å². The molecule has 0 aromatic heterocycles. The highest BCUT2D eigenvalue weighted by Crippen LogP contribution is 2.34. The summed E-state index contributed by atoms with van der Waals surface area (Å²) in [6.45, 7) is 8.73. The molecular formula is C25H32BrNO. The smallest absolute Gasteiger partial charge is 0.0942 e. The molecule has 1 N–H and O–H groups in total.